The second-order valence-electron chi connectivity index (χ2n) is 5.75. The summed E-state index contributed by atoms with van der Waals surface area (Å²) in [5.41, 5.74) is 5.38. The summed E-state index contributed by atoms with van der Waals surface area (Å²) in [6.45, 7) is 2.25. The molecule has 22 heavy (non-hydrogen) atoms. The molecule has 0 saturated carbocycles. The second-order valence-corrected chi connectivity index (χ2v) is 5.75. The van der Waals surface area contributed by atoms with Crippen molar-refractivity contribution in [3.63, 3.8) is 0 Å². The van der Waals surface area contributed by atoms with Gasteiger partial charge in [-0.2, -0.15) is 0 Å². The van der Waals surface area contributed by atoms with Gasteiger partial charge in [0.1, 0.15) is 0 Å². The van der Waals surface area contributed by atoms with Gasteiger partial charge in [-0.1, -0.05) is 62.6 Å². The minimum atomic E-state index is 0.941. The fourth-order valence-electron chi connectivity index (χ4n) is 2.69. The highest BCUT2D eigenvalue weighted by molar-refractivity contribution is 5.76. The molecule has 112 valence electrons. The molecule has 0 unspecified atom stereocenters. The number of unbranched alkanes of at least 4 members (excludes halogenated alkanes) is 3. The quantitative estimate of drug-likeness (QED) is 0.566. The van der Waals surface area contributed by atoms with Crippen LogP contribution in [0.25, 0.3) is 22.3 Å². The molecule has 2 heteroatoms. The van der Waals surface area contributed by atoms with E-state index in [1.807, 2.05) is 30.5 Å². The third-order valence-electron chi connectivity index (χ3n) is 4.02. The molecule has 0 amide bonds. The highest BCUT2D eigenvalue weighted by atomic mass is 14.8. The average Bonchev–Trinajstić information content (AvgIpc) is 2.59. The Morgan fingerprint density at radius 2 is 1.59 bits per heavy atom. The van der Waals surface area contributed by atoms with Gasteiger partial charge in [-0.3, -0.25) is 4.98 Å². The maximum atomic E-state index is 4.70. The predicted octanol–water partition coefficient (Wildman–Crippen LogP) is 5.42. The Morgan fingerprint density at radius 3 is 2.36 bits per heavy atom. The first-order valence-corrected chi connectivity index (χ1v) is 8.18. The SMILES string of the molecule is CCCCCCc1ccc(-c2cnc3ccccc3n2)cc1. The van der Waals surface area contributed by atoms with Crippen molar-refractivity contribution in [3.8, 4) is 11.3 Å². The lowest BCUT2D eigenvalue weighted by molar-refractivity contribution is 0.667. The van der Waals surface area contributed by atoms with E-state index in [4.69, 9.17) is 4.98 Å². The lowest BCUT2D eigenvalue weighted by atomic mass is 10.0. The van der Waals surface area contributed by atoms with Gasteiger partial charge in [-0.05, 0) is 30.5 Å². The summed E-state index contributed by atoms with van der Waals surface area (Å²) in [7, 11) is 0. The predicted molar refractivity (Wildman–Crippen MR) is 92.8 cm³/mol. The Morgan fingerprint density at radius 1 is 0.818 bits per heavy atom. The molecule has 0 saturated heterocycles. The number of hydrogen-bond acceptors (Lipinski definition) is 2. The minimum absolute atomic E-state index is 0.941. The fourth-order valence-corrected chi connectivity index (χ4v) is 2.69. The van der Waals surface area contributed by atoms with E-state index < -0.39 is 0 Å². The molecule has 0 aliphatic heterocycles. The van der Waals surface area contributed by atoms with E-state index in [-0.39, 0.29) is 0 Å². The minimum Gasteiger partial charge on any atom is -0.252 e. The molecule has 0 spiro atoms. The van der Waals surface area contributed by atoms with Crippen molar-refractivity contribution in [1.29, 1.82) is 0 Å². The highest BCUT2D eigenvalue weighted by Gasteiger charge is 2.02. The van der Waals surface area contributed by atoms with Crippen LogP contribution in [0.3, 0.4) is 0 Å². The van der Waals surface area contributed by atoms with Crippen LogP contribution in [-0.2, 0) is 6.42 Å². The van der Waals surface area contributed by atoms with Gasteiger partial charge in [-0.25, -0.2) is 4.98 Å². The number of fused-ring (bicyclic) bond motifs is 1. The number of para-hydroxylation sites is 2. The van der Waals surface area contributed by atoms with Crippen LogP contribution in [0.5, 0.6) is 0 Å². The smallest absolute Gasteiger partial charge is 0.0894 e. The summed E-state index contributed by atoms with van der Waals surface area (Å²) < 4.78 is 0. The summed E-state index contributed by atoms with van der Waals surface area (Å²) in [5, 5.41) is 0. The van der Waals surface area contributed by atoms with Gasteiger partial charge in [0, 0.05) is 5.56 Å². The molecule has 0 fully saturated rings. The molecule has 0 N–H and O–H groups in total. The number of aryl methyl sites for hydroxylation is 1. The van der Waals surface area contributed by atoms with Gasteiger partial charge in [0.25, 0.3) is 0 Å². The first-order chi connectivity index (χ1) is 10.9. The third kappa shape index (κ3) is 3.51. The fraction of sp³-hybridized carbons (Fsp3) is 0.300. The summed E-state index contributed by atoms with van der Waals surface area (Å²) in [5.74, 6) is 0. The van der Waals surface area contributed by atoms with Crippen LogP contribution >= 0.6 is 0 Å². The van der Waals surface area contributed by atoms with Crippen molar-refractivity contribution in [2.45, 2.75) is 39.0 Å². The molecule has 3 aromatic rings. The van der Waals surface area contributed by atoms with Crippen molar-refractivity contribution >= 4 is 11.0 Å². The molecule has 2 aromatic carbocycles. The molecule has 1 heterocycles. The zero-order valence-corrected chi connectivity index (χ0v) is 13.1. The number of hydrogen-bond donors (Lipinski definition) is 0. The lowest BCUT2D eigenvalue weighted by Gasteiger charge is -2.05. The Hall–Kier alpha value is -2.22. The largest absolute Gasteiger partial charge is 0.252 e. The maximum absolute atomic E-state index is 4.70. The Labute approximate surface area is 132 Å². The highest BCUT2D eigenvalue weighted by Crippen LogP contribution is 2.20. The third-order valence-corrected chi connectivity index (χ3v) is 4.02. The van der Waals surface area contributed by atoms with Crippen molar-refractivity contribution in [2.75, 3.05) is 0 Å². The lowest BCUT2D eigenvalue weighted by Crippen LogP contribution is -1.90. The van der Waals surface area contributed by atoms with Crippen LogP contribution in [0.2, 0.25) is 0 Å². The van der Waals surface area contributed by atoms with E-state index in [2.05, 4.69) is 36.2 Å². The number of aromatic nitrogens is 2. The van der Waals surface area contributed by atoms with Crippen molar-refractivity contribution in [3.05, 3.63) is 60.3 Å². The summed E-state index contributed by atoms with van der Waals surface area (Å²) in [6, 6.07) is 16.8. The molecule has 0 atom stereocenters. The van der Waals surface area contributed by atoms with E-state index >= 15 is 0 Å². The van der Waals surface area contributed by atoms with Crippen LogP contribution in [0.1, 0.15) is 38.2 Å². The number of rotatable bonds is 6. The average molecular weight is 290 g/mol. The van der Waals surface area contributed by atoms with Crippen LogP contribution in [0, 0.1) is 0 Å². The molecule has 2 nitrogen and oxygen atoms in total. The molecule has 0 aliphatic rings. The monoisotopic (exact) mass is 290 g/mol. The van der Waals surface area contributed by atoms with E-state index in [0.717, 1.165) is 22.3 Å². The van der Waals surface area contributed by atoms with E-state index in [0.29, 0.717) is 0 Å². The molecule has 1 aromatic heterocycles. The number of nitrogens with zero attached hydrogens (tertiary/aromatic N) is 2. The summed E-state index contributed by atoms with van der Waals surface area (Å²) in [4.78, 5) is 9.19. The van der Waals surface area contributed by atoms with Crippen molar-refractivity contribution < 1.29 is 0 Å². The molecule has 0 bridgehead atoms. The van der Waals surface area contributed by atoms with E-state index in [1.54, 1.807) is 0 Å². The molecule has 3 rings (SSSR count). The van der Waals surface area contributed by atoms with Gasteiger partial charge < -0.3 is 0 Å². The van der Waals surface area contributed by atoms with Gasteiger partial charge in [0.15, 0.2) is 0 Å². The Kier molecular flexibility index (Phi) is 4.79. The topological polar surface area (TPSA) is 25.8 Å². The normalized spacial score (nSPS) is 11.0. The molecular weight excluding hydrogens is 268 g/mol. The van der Waals surface area contributed by atoms with E-state index in [9.17, 15) is 0 Å². The van der Waals surface area contributed by atoms with Gasteiger partial charge in [-0.15, -0.1) is 0 Å². The summed E-state index contributed by atoms with van der Waals surface area (Å²) in [6.07, 6.45) is 8.27. The van der Waals surface area contributed by atoms with Crippen LogP contribution < -0.4 is 0 Å². The molecule has 0 radical (unpaired) electrons. The van der Waals surface area contributed by atoms with Crippen LogP contribution in [0.4, 0.5) is 0 Å². The first-order valence-electron chi connectivity index (χ1n) is 8.18. The van der Waals surface area contributed by atoms with Crippen molar-refractivity contribution in [2.24, 2.45) is 0 Å². The number of benzene rings is 2. The zero-order valence-electron chi connectivity index (χ0n) is 13.1. The molecular formula is C20H22N2. The first kappa shape index (κ1) is 14.7. The standard InChI is InChI=1S/C20H22N2/c1-2-3-4-5-8-16-11-13-17(14-12-16)20-15-21-18-9-6-7-10-19(18)22-20/h6-7,9-15H,2-5,8H2,1H3. The molecule has 0 aliphatic carbocycles. The summed E-state index contributed by atoms with van der Waals surface area (Å²) >= 11 is 0. The second kappa shape index (κ2) is 7.17. The Bertz CT molecular complexity index is 732. The van der Waals surface area contributed by atoms with Crippen LogP contribution in [0.15, 0.2) is 54.7 Å². The maximum Gasteiger partial charge on any atom is 0.0894 e. The zero-order chi connectivity index (χ0) is 15.2. The van der Waals surface area contributed by atoms with E-state index in [1.165, 1.54) is 37.7 Å². The van der Waals surface area contributed by atoms with Gasteiger partial charge >= 0.3 is 0 Å². The van der Waals surface area contributed by atoms with Crippen LogP contribution in [-0.4, -0.2) is 9.97 Å². The van der Waals surface area contributed by atoms with Gasteiger partial charge in [0.2, 0.25) is 0 Å². The van der Waals surface area contributed by atoms with Crippen molar-refractivity contribution in [1.82, 2.24) is 9.97 Å². The van der Waals surface area contributed by atoms with Gasteiger partial charge in [0.05, 0.1) is 22.9 Å². The Balaban J connectivity index is 1.73.